The zero-order valence-corrected chi connectivity index (χ0v) is 12.8. The summed E-state index contributed by atoms with van der Waals surface area (Å²) in [5.41, 5.74) is 3.04. The molecule has 2 heterocycles. The molecule has 1 aromatic carbocycles. The van der Waals surface area contributed by atoms with E-state index in [0.29, 0.717) is 0 Å². The van der Waals surface area contributed by atoms with Crippen molar-refractivity contribution in [1.29, 1.82) is 0 Å². The van der Waals surface area contributed by atoms with Crippen LogP contribution in [0.5, 0.6) is 0 Å². The molecule has 1 atom stereocenters. The molecule has 0 bridgehead atoms. The maximum Gasteiger partial charge on any atom is 0.166 e. The average molecular weight is 296 g/mol. The van der Waals surface area contributed by atoms with Crippen LogP contribution in [0.2, 0.25) is 0 Å². The molecule has 5 heteroatoms. The van der Waals surface area contributed by atoms with Crippen molar-refractivity contribution in [1.82, 2.24) is 20.5 Å². The van der Waals surface area contributed by atoms with Crippen molar-refractivity contribution in [3.05, 3.63) is 64.8 Å². The summed E-state index contributed by atoms with van der Waals surface area (Å²) in [6.45, 7) is 1.98. The fourth-order valence-electron chi connectivity index (χ4n) is 2.20. The maximum atomic E-state index is 4.50. The van der Waals surface area contributed by atoms with E-state index >= 15 is 0 Å². The summed E-state index contributed by atoms with van der Waals surface area (Å²) in [5, 5.41) is 13.7. The summed E-state index contributed by atoms with van der Waals surface area (Å²) in [4.78, 5) is 4.50. The van der Waals surface area contributed by atoms with Crippen molar-refractivity contribution in [2.24, 2.45) is 0 Å². The number of pyridine rings is 1. The number of rotatable bonds is 4. The van der Waals surface area contributed by atoms with Gasteiger partial charge in [-0.2, -0.15) is 0 Å². The van der Waals surface area contributed by atoms with Crippen molar-refractivity contribution in [2.45, 2.75) is 13.0 Å². The fourth-order valence-corrected chi connectivity index (χ4v) is 3.15. The molecule has 0 amide bonds. The first-order valence-corrected chi connectivity index (χ1v) is 7.59. The largest absolute Gasteiger partial charge is 0.307 e. The lowest BCUT2D eigenvalue weighted by atomic mass is 10.1. The number of aryl methyl sites for hydroxylation is 1. The van der Waals surface area contributed by atoms with Crippen LogP contribution in [0.1, 0.15) is 22.3 Å². The van der Waals surface area contributed by atoms with E-state index in [9.17, 15) is 0 Å². The molecular formula is C16H16N4S. The van der Waals surface area contributed by atoms with Crippen molar-refractivity contribution in [3.63, 3.8) is 0 Å². The van der Waals surface area contributed by atoms with Crippen LogP contribution < -0.4 is 5.32 Å². The smallest absolute Gasteiger partial charge is 0.166 e. The minimum Gasteiger partial charge on any atom is -0.307 e. The lowest BCUT2D eigenvalue weighted by Gasteiger charge is -2.12. The molecule has 0 fully saturated rings. The summed E-state index contributed by atoms with van der Waals surface area (Å²) in [5.74, 6) is 0. The molecule has 4 nitrogen and oxygen atoms in total. The Morgan fingerprint density at radius 2 is 1.81 bits per heavy atom. The second kappa shape index (κ2) is 6.11. The number of nitrogens with zero attached hydrogens (tertiary/aromatic N) is 3. The zero-order chi connectivity index (χ0) is 14.7. The van der Waals surface area contributed by atoms with E-state index in [-0.39, 0.29) is 6.04 Å². The predicted molar refractivity (Wildman–Crippen MR) is 85.2 cm³/mol. The van der Waals surface area contributed by atoms with Crippen LogP contribution in [0.25, 0.3) is 10.7 Å². The third-order valence-corrected chi connectivity index (χ3v) is 4.23. The van der Waals surface area contributed by atoms with Gasteiger partial charge in [-0.25, -0.2) is 0 Å². The van der Waals surface area contributed by atoms with Gasteiger partial charge in [-0.1, -0.05) is 47.7 Å². The number of aromatic nitrogens is 3. The summed E-state index contributed by atoms with van der Waals surface area (Å²) in [6.07, 6.45) is 0. The molecule has 21 heavy (non-hydrogen) atoms. The van der Waals surface area contributed by atoms with E-state index in [4.69, 9.17) is 0 Å². The Balaban J connectivity index is 1.94. The molecule has 0 spiro atoms. The van der Waals surface area contributed by atoms with Gasteiger partial charge in [0.05, 0.1) is 6.04 Å². The normalized spacial score (nSPS) is 12.3. The molecule has 3 aromatic rings. The van der Waals surface area contributed by atoms with Crippen LogP contribution in [0.3, 0.4) is 0 Å². The molecule has 0 aliphatic rings. The molecule has 0 aliphatic carbocycles. The van der Waals surface area contributed by atoms with Gasteiger partial charge in [0.2, 0.25) is 0 Å². The Morgan fingerprint density at radius 1 is 1.00 bits per heavy atom. The summed E-state index contributed by atoms with van der Waals surface area (Å²) < 4.78 is 0. The summed E-state index contributed by atoms with van der Waals surface area (Å²) in [7, 11) is 1.93. The Kier molecular flexibility index (Phi) is 4.03. The monoisotopic (exact) mass is 296 g/mol. The van der Waals surface area contributed by atoms with Gasteiger partial charge in [0.1, 0.15) is 10.7 Å². The van der Waals surface area contributed by atoms with Gasteiger partial charge in [-0.05, 0) is 31.7 Å². The quantitative estimate of drug-likeness (QED) is 0.803. The van der Waals surface area contributed by atoms with Crippen molar-refractivity contribution >= 4 is 11.3 Å². The highest BCUT2D eigenvalue weighted by atomic mass is 32.1. The molecule has 0 saturated carbocycles. The lowest BCUT2D eigenvalue weighted by molar-refractivity contribution is 0.678. The van der Waals surface area contributed by atoms with E-state index in [2.05, 4.69) is 32.6 Å². The highest BCUT2D eigenvalue weighted by molar-refractivity contribution is 7.14. The number of hydrogen-bond acceptors (Lipinski definition) is 5. The van der Waals surface area contributed by atoms with Crippen LogP contribution in [-0.4, -0.2) is 22.2 Å². The Labute approximate surface area is 127 Å². The van der Waals surface area contributed by atoms with Crippen molar-refractivity contribution < 1.29 is 0 Å². The standard InChI is InChI=1S/C16H16N4S/c1-11-7-6-10-13(18-11)15-19-20-16(21-15)14(17-2)12-8-4-3-5-9-12/h3-10,14,17H,1-2H3. The SMILES string of the molecule is CNC(c1ccccc1)c1nnc(-c2cccc(C)n2)s1. The van der Waals surface area contributed by atoms with Crippen molar-refractivity contribution in [2.75, 3.05) is 7.05 Å². The van der Waals surface area contributed by atoms with Crippen LogP contribution in [0, 0.1) is 6.92 Å². The van der Waals surface area contributed by atoms with E-state index < -0.39 is 0 Å². The molecule has 106 valence electrons. The van der Waals surface area contributed by atoms with Gasteiger partial charge < -0.3 is 5.32 Å². The number of benzene rings is 1. The first-order valence-electron chi connectivity index (χ1n) is 6.77. The Morgan fingerprint density at radius 3 is 2.52 bits per heavy atom. The third-order valence-electron chi connectivity index (χ3n) is 3.22. The van der Waals surface area contributed by atoms with Gasteiger partial charge >= 0.3 is 0 Å². The first-order chi connectivity index (χ1) is 10.3. The van der Waals surface area contributed by atoms with E-state index in [1.165, 1.54) is 5.56 Å². The Bertz CT molecular complexity index is 724. The number of nitrogens with one attached hydrogen (secondary N) is 1. The Hall–Kier alpha value is -2.11. The molecule has 0 aliphatic heterocycles. The molecule has 1 N–H and O–H groups in total. The lowest BCUT2D eigenvalue weighted by Crippen LogP contribution is -2.17. The van der Waals surface area contributed by atoms with Crippen LogP contribution in [0.15, 0.2) is 48.5 Å². The highest BCUT2D eigenvalue weighted by Crippen LogP contribution is 2.28. The molecule has 0 saturated heterocycles. The van der Waals surface area contributed by atoms with Crippen molar-refractivity contribution in [3.8, 4) is 10.7 Å². The molecule has 1 unspecified atom stereocenters. The van der Waals surface area contributed by atoms with Gasteiger partial charge in [-0.3, -0.25) is 4.98 Å². The topological polar surface area (TPSA) is 50.7 Å². The zero-order valence-electron chi connectivity index (χ0n) is 11.9. The minimum atomic E-state index is 0.0576. The number of hydrogen-bond donors (Lipinski definition) is 1. The van der Waals surface area contributed by atoms with Gasteiger partial charge in [0.15, 0.2) is 5.01 Å². The first kappa shape index (κ1) is 13.9. The van der Waals surface area contributed by atoms with Crippen LogP contribution in [-0.2, 0) is 0 Å². The summed E-state index contributed by atoms with van der Waals surface area (Å²) in [6, 6.07) is 16.2. The molecule has 2 aromatic heterocycles. The average Bonchev–Trinajstić information content (AvgIpc) is 2.99. The van der Waals surface area contributed by atoms with E-state index in [0.717, 1.165) is 21.4 Å². The maximum absolute atomic E-state index is 4.50. The second-order valence-corrected chi connectivity index (χ2v) is 5.75. The van der Waals surface area contributed by atoms with E-state index in [1.807, 2.05) is 50.4 Å². The third kappa shape index (κ3) is 2.99. The molecule has 0 radical (unpaired) electrons. The molecule has 3 rings (SSSR count). The van der Waals surface area contributed by atoms with Gasteiger partial charge in [-0.15, -0.1) is 10.2 Å². The van der Waals surface area contributed by atoms with Gasteiger partial charge in [0.25, 0.3) is 0 Å². The molecular weight excluding hydrogens is 280 g/mol. The van der Waals surface area contributed by atoms with Crippen LogP contribution in [0.4, 0.5) is 0 Å². The summed E-state index contributed by atoms with van der Waals surface area (Å²) >= 11 is 1.57. The predicted octanol–water partition coefficient (Wildman–Crippen LogP) is 3.22. The van der Waals surface area contributed by atoms with Crippen LogP contribution >= 0.6 is 11.3 Å². The second-order valence-electron chi connectivity index (χ2n) is 4.74. The highest BCUT2D eigenvalue weighted by Gasteiger charge is 2.17. The fraction of sp³-hybridized carbons (Fsp3) is 0.188. The van der Waals surface area contributed by atoms with Gasteiger partial charge in [0, 0.05) is 5.69 Å². The van der Waals surface area contributed by atoms with E-state index in [1.54, 1.807) is 11.3 Å². The minimum absolute atomic E-state index is 0.0576.